The summed E-state index contributed by atoms with van der Waals surface area (Å²) in [4.78, 5) is 13.4. The molecule has 8 heteroatoms. The van der Waals surface area contributed by atoms with Gasteiger partial charge in [-0.1, -0.05) is 48.2 Å². The molecule has 3 aromatic heterocycles. The maximum Gasteiger partial charge on any atom is 0.336 e. The monoisotopic (exact) mass is 489 g/mol. The Balaban J connectivity index is 1.44. The highest BCUT2D eigenvalue weighted by atomic mass is 32.2. The van der Waals surface area contributed by atoms with E-state index in [9.17, 15) is 9.90 Å². The number of fused-ring (bicyclic) bond motifs is 1. The quantitative estimate of drug-likeness (QED) is 0.226. The predicted molar refractivity (Wildman–Crippen MR) is 136 cm³/mol. The molecular formula is C26H23N3O3S2. The van der Waals surface area contributed by atoms with Gasteiger partial charge in [0.25, 0.3) is 0 Å². The molecule has 6 nitrogen and oxygen atoms in total. The molecule has 0 spiro atoms. The molecule has 5 rings (SSSR count). The fourth-order valence-corrected chi connectivity index (χ4v) is 5.59. The number of rotatable bonds is 8. The summed E-state index contributed by atoms with van der Waals surface area (Å²) in [7, 11) is 0. The zero-order valence-electron chi connectivity index (χ0n) is 18.6. The molecule has 0 saturated heterocycles. The second-order valence-electron chi connectivity index (χ2n) is 8.01. The van der Waals surface area contributed by atoms with E-state index in [0.29, 0.717) is 16.9 Å². The van der Waals surface area contributed by atoms with Crippen molar-refractivity contribution in [3.05, 3.63) is 104 Å². The lowest BCUT2D eigenvalue weighted by Crippen LogP contribution is -2.08. The molecule has 0 aliphatic rings. The third-order valence-corrected chi connectivity index (χ3v) is 7.64. The van der Waals surface area contributed by atoms with Crippen LogP contribution in [-0.4, -0.2) is 19.9 Å². The van der Waals surface area contributed by atoms with Gasteiger partial charge < -0.3 is 14.1 Å². The Morgan fingerprint density at radius 2 is 1.94 bits per heavy atom. The number of phenols is 1. The minimum atomic E-state index is -0.430. The average molecular weight is 490 g/mol. The average Bonchev–Trinajstić information content (AvgIpc) is 3.49. The van der Waals surface area contributed by atoms with E-state index in [0.717, 1.165) is 41.3 Å². The van der Waals surface area contributed by atoms with Gasteiger partial charge in [-0.15, -0.1) is 21.5 Å². The standard InChI is InChI=1S/C26H23N3O3S2/c1-17-22(30)10-9-21-19(14-24(31)32-25(17)21)16-34-26-28-27-23(15-20-8-5-13-33-20)29(26)12-11-18-6-3-2-4-7-18/h2-10,13-14,30H,11-12,15-16H2,1H3. The largest absolute Gasteiger partial charge is 0.508 e. The smallest absolute Gasteiger partial charge is 0.336 e. The lowest BCUT2D eigenvalue weighted by Gasteiger charge is -2.11. The Kier molecular flexibility index (Phi) is 6.51. The predicted octanol–water partition coefficient (Wildman–Crippen LogP) is 5.59. The normalized spacial score (nSPS) is 11.3. The minimum absolute atomic E-state index is 0.110. The maximum atomic E-state index is 12.2. The highest BCUT2D eigenvalue weighted by Crippen LogP contribution is 2.31. The Bertz CT molecular complexity index is 1480. The number of phenolic OH excluding ortho intramolecular Hbond substituents is 1. The van der Waals surface area contributed by atoms with E-state index in [1.54, 1.807) is 42.2 Å². The number of thiophene rings is 1. The number of benzene rings is 2. The number of aromatic hydroxyl groups is 1. The zero-order chi connectivity index (χ0) is 23.5. The van der Waals surface area contributed by atoms with Crippen LogP contribution in [0.25, 0.3) is 11.0 Å². The molecule has 34 heavy (non-hydrogen) atoms. The fourth-order valence-electron chi connectivity index (χ4n) is 3.91. The van der Waals surface area contributed by atoms with Crippen LogP contribution in [0.15, 0.2) is 80.4 Å². The van der Waals surface area contributed by atoms with Gasteiger partial charge in [-0.05, 0) is 48.1 Å². The van der Waals surface area contributed by atoms with E-state index in [-0.39, 0.29) is 5.75 Å². The summed E-state index contributed by atoms with van der Waals surface area (Å²) in [5.74, 6) is 1.58. The van der Waals surface area contributed by atoms with Gasteiger partial charge in [0.2, 0.25) is 0 Å². The van der Waals surface area contributed by atoms with E-state index in [4.69, 9.17) is 4.42 Å². The molecule has 0 fully saturated rings. The molecule has 0 unspecified atom stereocenters. The highest BCUT2D eigenvalue weighted by molar-refractivity contribution is 7.98. The first-order valence-electron chi connectivity index (χ1n) is 10.9. The lowest BCUT2D eigenvalue weighted by molar-refractivity contribution is 0.468. The summed E-state index contributed by atoms with van der Waals surface area (Å²) in [6.45, 7) is 2.51. The van der Waals surface area contributed by atoms with Crippen LogP contribution in [0.3, 0.4) is 0 Å². The summed E-state index contributed by atoms with van der Waals surface area (Å²) < 4.78 is 7.57. The lowest BCUT2D eigenvalue weighted by atomic mass is 10.1. The van der Waals surface area contributed by atoms with Gasteiger partial charge in [-0.25, -0.2) is 4.79 Å². The highest BCUT2D eigenvalue weighted by Gasteiger charge is 2.16. The topological polar surface area (TPSA) is 81.2 Å². The molecule has 172 valence electrons. The molecule has 0 aliphatic carbocycles. The number of hydrogen-bond donors (Lipinski definition) is 1. The maximum absolute atomic E-state index is 12.2. The van der Waals surface area contributed by atoms with E-state index >= 15 is 0 Å². The Labute approximate surface area is 204 Å². The fraction of sp³-hybridized carbons (Fsp3) is 0.192. The summed E-state index contributed by atoms with van der Waals surface area (Å²) >= 11 is 3.26. The molecule has 0 aliphatic heterocycles. The van der Waals surface area contributed by atoms with E-state index < -0.39 is 5.63 Å². The third-order valence-electron chi connectivity index (χ3n) is 5.75. The van der Waals surface area contributed by atoms with Crippen molar-refractivity contribution < 1.29 is 9.52 Å². The molecule has 5 aromatic rings. The van der Waals surface area contributed by atoms with E-state index in [1.807, 2.05) is 12.1 Å². The van der Waals surface area contributed by atoms with Gasteiger partial charge in [0.05, 0.1) is 0 Å². The molecular weight excluding hydrogens is 466 g/mol. The van der Waals surface area contributed by atoms with Gasteiger partial charge >= 0.3 is 5.63 Å². The molecule has 0 bridgehead atoms. The number of aryl methyl sites for hydroxylation is 2. The molecule has 0 atom stereocenters. The first-order valence-corrected chi connectivity index (χ1v) is 12.8. The van der Waals surface area contributed by atoms with Crippen molar-refractivity contribution in [1.29, 1.82) is 0 Å². The van der Waals surface area contributed by atoms with E-state index in [2.05, 4.69) is 50.5 Å². The minimum Gasteiger partial charge on any atom is -0.508 e. The van der Waals surface area contributed by atoms with Gasteiger partial charge in [0, 0.05) is 40.6 Å². The van der Waals surface area contributed by atoms with Crippen LogP contribution >= 0.6 is 23.1 Å². The Hall–Kier alpha value is -3.36. The van der Waals surface area contributed by atoms with Crippen molar-refractivity contribution in [3.63, 3.8) is 0 Å². The summed E-state index contributed by atoms with van der Waals surface area (Å²) in [5, 5.41) is 22.7. The van der Waals surface area contributed by atoms with Crippen LogP contribution in [0.5, 0.6) is 5.75 Å². The second kappa shape index (κ2) is 9.87. The summed E-state index contributed by atoms with van der Waals surface area (Å²) in [5.41, 5.74) is 2.66. The van der Waals surface area contributed by atoms with Gasteiger partial charge in [-0.2, -0.15) is 0 Å². The molecule has 0 saturated carbocycles. The first-order chi connectivity index (χ1) is 16.6. The number of hydrogen-bond acceptors (Lipinski definition) is 7. The van der Waals surface area contributed by atoms with Crippen LogP contribution in [0.4, 0.5) is 0 Å². The van der Waals surface area contributed by atoms with Crippen LogP contribution in [-0.2, 0) is 25.1 Å². The van der Waals surface area contributed by atoms with Crippen molar-refractivity contribution in [2.45, 2.75) is 37.2 Å². The van der Waals surface area contributed by atoms with Crippen molar-refractivity contribution in [2.75, 3.05) is 0 Å². The molecule has 2 aromatic carbocycles. The van der Waals surface area contributed by atoms with Crippen molar-refractivity contribution >= 4 is 34.1 Å². The summed E-state index contributed by atoms with van der Waals surface area (Å²) in [6, 6.07) is 19.5. The Morgan fingerprint density at radius 3 is 2.74 bits per heavy atom. The second-order valence-corrected chi connectivity index (χ2v) is 9.98. The van der Waals surface area contributed by atoms with Crippen LogP contribution < -0.4 is 5.63 Å². The van der Waals surface area contributed by atoms with Crippen molar-refractivity contribution in [1.82, 2.24) is 14.8 Å². The van der Waals surface area contributed by atoms with Gasteiger partial charge in [0.15, 0.2) is 5.16 Å². The molecule has 3 heterocycles. The van der Waals surface area contributed by atoms with Crippen molar-refractivity contribution in [3.8, 4) is 5.75 Å². The van der Waals surface area contributed by atoms with Crippen LogP contribution in [0.2, 0.25) is 0 Å². The molecule has 0 amide bonds. The number of nitrogens with zero attached hydrogens (tertiary/aromatic N) is 3. The third kappa shape index (κ3) is 4.78. The van der Waals surface area contributed by atoms with Crippen LogP contribution in [0.1, 0.15) is 27.4 Å². The van der Waals surface area contributed by atoms with Crippen LogP contribution in [0, 0.1) is 6.92 Å². The first kappa shape index (κ1) is 22.4. The number of aromatic nitrogens is 3. The summed E-state index contributed by atoms with van der Waals surface area (Å²) in [6.07, 6.45) is 1.61. The van der Waals surface area contributed by atoms with Gasteiger partial charge in [0.1, 0.15) is 17.2 Å². The molecule has 0 radical (unpaired) electrons. The zero-order valence-corrected chi connectivity index (χ0v) is 20.2. The van der Waals surface area contributed by atoms with E-state index in [1.165, 1.54) is 16.5 Å². The van der Waals surface area contributed by atoms with Gasteiger partial charge in [-0.3, -0.25) is 0 Å². The Morgan fingerprint density at radius 1 is 1.09 bits per heavy atom. The SMILES string of the molecule is Cc1c(O)ccc2c(CSc3nnc(Cc4cccs4)n3CCc3ccccc3)cc(=O)oc12. The van der Waals surface area contributed by atoms with Crippen molar-refractivity contribution in [2.24, 2.45) is 0 Å². The number of thioether (sulfide) groups is 1. The molecule has 1 N–H and O–H groups in total.